The number of anilines is 1. The lowest BCUT2D eigenvalue weighted by molar-refractivity contribution is 0.258. The minimum atomic E-state index is -1.44. The molecule has 2 N–H and O–H groups in total. The molecule has 0 aliphatic carbocycles. The van der Waals surface area contributed by atoms with E-state index < -0.39 is 16.6 Å². The number of fused-ring (bicyclic) bond motifs is 1. The van der Waals surface area contributed by atoms with Gasteiger partial charge < -0.3 is 10.5 Å². The topological polar surface area (TPSA) is 52.3 Å². The van der Waals surface area contributed by atoms with Gasteiger partial charge in [0.15, 0.2) is 0 Å². The summed E-state index contributed by atoms with van der Waals surface area (Å²) in [5.74, 6) is 0.571. The molecule has 2 aromatic rings. The van der Waals surface area contributed by atoms with E-state index in [0.29, 0.717) is 12.1 Å². The molecule has 1 aliphatic rings. The molecule has 0 saturated carbocycles. The van der Waals surface area contributed by atoms with Crippen LogP contribution in [0.3, 0.4) is 0 Å². The lowest BCUT2D eigenvalue weighted by atomic mass is 10.1. The highest BCUT2D eigenvalue weighted by atomic mass is 32.2. The molecular formula is C15H14FNO2S. The van der Waals surface area contributed by atoms with Crippen molar-refractivity contribution in [2.45, 2.75) is 17.4 Å². The molecule has 104 valence electrons. The largest absolute Gasteiger partial charge is 0.489 e. The van der Waals surface area contributed by atoms with Crippen molar-refractivity contribution in [3.63, 3.8) is 0 Å². The molecule has 0 fully saturated rings. The Hall–Kier alpha value is -1.88. The third-order valence-corrected chi connectivity index (χ3v) is 4.75. The van der Waals surface area contributed by atoms with Gasteiger partial charge in [-0.15, -0.1) is 0 Å². The molecule has 20 heavy (non-hydrogen) atoms. The van der Waals surface area contributed by atoms with Crippen LogP contribution in [0.4, 0.5) is 10.1 Å². The number of hydrogen-bond donors (Lipinski definition) is 1. The third kappa shape index (κ3) is 2.54. The first-order chi connectivity index (χ1) is 9.63. The van der Waals surface area contributed by atoms with Crippen molar-refractivity contribution in [1.29, 1.82) is 0 Å². The number of nitrogen functional groups attached to an aromatic ring is 1. The van der Waals surface area contributed by atoms with E-state index >= 15 is 0 Å². The van der Waals surface area contributed by atoms with Crippen LogP contribution in [0.15, 0.2) is 47.4 Å². The molecular weight excluding hydrogens is 277 g/mol. The summed E-state index contributed by atoms with van der Waals surface area (Å²) >= 11 is 0. The summed E-state index contributed by atoms with van der Waals surface area (Å²) in [5, 5.41) is 0. The van der Waals surface area contributed by atoms with E-state index in [1.54, 1.807) is 6.07 Å². The van der Waals surface area contributed by atoms with Crippen LogP contribution in [-0.4, -0.2) is 16.1 Å². The summed E-state index contributed by atoms with van der Waals surface area (Å²) in [4.78, 5) is 0.179. The Morgan fingerprint density at radius 2 is 2.10 bits per heavy atom. The highest BCUT2D eigenvalue weighted by Gasteiger charge is 2.25. The molecule has 0 radical (unpaired) electrons. The fourth-order valence-electron chi connectivity index (χ4n) is 2.31. The normalized spacial score (nSPS) is 18.4. The van der Waals surface area contributed by atoms with Crippen molar-refractivity contribution < 1.29 is 13.3 Å². The van der Waals surface area contributed by atoms with Gasteiger partial charge in [-0.1, -0.05) is 18.2 Å². The summed E-state index contributed by atoms with van der Waals surface area (Å²) < 4.78 is 31.7. The lowest BCUT2D eigenvalue weighted by Gasteiger charge is -2.11. The zero-order valence-electron chi connectivity index (χ0n) is 10.7. The second-order valence-electron chi connectivity index (χ2n) is 4.75. The highest BCUT2D eigenvalue weighted by molar-refractivity contribution is 7.85. The van der Waals surface area contributed by atoms with Crippen LogP contribution in [0.1, 0.15) is 5.56 Å². The van der Waals surface area contributed by atoms with E-state index in [4.69, 9.17) is 10.5 Å². The van der Waals surface area contributed by atoms with Crippen LogP contribution in [0.25, 0.3) is 0 Å². The summed E-state index contributed by atoms with van der Waals surface area (Å²) in [7, 11) is -1.44. The summed E-state index contributed by atoms with van der Waals surface area (Å²) in [6, 6.07) is 11.9. The molecule has 0 aromatic heterocycles. The summed E-state index contributed by atoms with van der Waals surface area (Å²) in [6.07, 6.45) is 0.531. The van der Waals surface area contributed by atoms with Crippen molar-refractivity contribution >= 4 is 16.5 Å². The van der Waals surface area contributed by atoms with Gasteiger partial charge in [0.2, 0.25) is 0 Å². The van der Waals surface area contributed by atoms with E-state index in [1.165, 1.54) is 12.1 Å². The zero-order chi connectivity index (χ0) is 14.1. The van der Waals surface area contributed by atoms with E-state index in [9.17, 15) is 8.60 Å². The first-order valence-electron chi connectivity index (χ1n) is 6.31. The predicted octanol–water partition coefficient (Wildman–Crippen LogP) is 2.52. The van der Waals surface area contributed by atoms with Gasteiger partial charge in [0.05, 0.1) is 21.4 Å². The number of ether oxygens (including phenoxy) is 1. The van der Waals surface area contributed by atoms with Gasteiger partial charge in [-0.05, 0) is 29.8 Å². The smallest absolute Gasteiger partial charge is 0.141 e. The average Bonchev–Trinajstić information content (AvgIpc) is 2.80. The zero-order valence-corrected chi connectivity index (χ0v) is 11.5. The molecule has 0 saturated heterocycles. The molecule has 3 rings (SSSR count). The number of nitrogens with two attached hydrogens (primary N) is 1. The Morgan fingerprint density at radius 1 is 1.30 bits per heavy atom. The van der Waals surface area contributed by atoms with Crippen LogP contribution in [0, 0.1) is 5.82 Å². The number of rotatable bonds is 3. The lowest BCUT2D eigenvalue weighted by Crippen LogP contribution is -2.22. The summed E-state index contributed by atoms with van der Waals surface area (Å²) in [5.41, 5.74) is 6.92. The SMILES string of the molecule is Nc1ccc(S(=O)CC2Cc3ccccc3O2)c(F)c1. The number of para-hydroxylation sites is 1. The number of hydrogen-bond acceptors (Lipinski definition) is 3. The Labute approximate surface area is 119 Å². The van der Waals surface area contributed by atoms with Crippen LogP contribution < -0.4 is 10.5 Å². The van der Waals surface area contributed by atoms with Gasteiger partial charge in [0, 0.05) is 12.1 Å². The van der Waals surface area contributed by atoms with Crippen molar-refractivity contribution in [3.05, 3.63) is 53.8 Å². The third-order valence-electron chi connectivity index (χ3n) is 3.25. The molecule has 1 aliphatic heterocycles. The minimum Gasteiger partial charge on any atom is -0.489 e. The van der Waals surface area contributed by atoms with Crippen molar-refractivity contribution in [2.75, 3.05) is 11.5 Å². The van der Waals surface area contributed by atoms with Crippen LogP contribution in [0.5, 0.6) is 5.75 Å². The van der Waals surface area contributed by atoms with Crippen molar-refractivity contribution in [1.82, 2.24) is 0 Å². The van der Waals surface area contributed by atoms with Crippen LogP contribution in [0.2, 0.25) is 0 Å². The molecule has 1 heterocycles. The Balaban J connectivity index is 1.72. The molecule has 0 amide bonds. The van der Waals surface area contributed by atoms with E-state index in [-0.39, 0.29) is 16.8 Å². The van der Waals surface area contributed by atoms with Crippen LogP contribution >= 0.6 is 0 Å². The maximum Gasteiger partial charge on any atom is 0.141 e. The van der Waals surface area contributed by atoms with Gasteiger partial charge in [-0.25, -0.2) is 4.39 Å². The number of halogens is 1. The first kappa shape index (κ1) is 13.1. The fourth-order valence-corrected chi connectivity index (χ4v) is 3.51. The van der Waals surface area contributed by atoms with Crippen molar-refractivity contribution in [2.24, 2.45) is 0 Å². The predicted molar refractivity (Wildman–Crippen MR) is 76.6 cm³/mol. The van der Waals surface area contributed by atoms with Gasteiger partial charge in [-0.2, -0.15) is 0 Å². The minimum absolute atomic E-state index is 0.176. The molecule has 2 atom stereocenters. The van der Waals surface area contributed by atoms with Gasteiger partial charge >= 0.3 is 0 Å². The fraction of sp³-hybridized carbons (Fsp3) is 0.200. The molecule has 5 heteroatoms. The second kappa shape index (κ2) is 5.25. The van der Waals surface area contributed by atoms with E-state index in [1.807, 2.05) is 24.3 Å². The average molecular weight is 291 g/mol. The quantitative estimate of drug-likeness (QED) is 0.884. The summed E-state index contributed by atoms with van der Waals surface area (Å²) in [6.45, 7) is 0. The van der Waals surface area contributed by atoms with Crippen LogP contribution in [-0.2, 0) is 17.2 Å². The Bertz CT molecular complexity index is 650. The molecule has 3 nitrogen and oxygen atoms in total. The number of benzene rings is 2. The molecule has 0 spiro atoms. The molecule has 0 bridgehead atoms. The van der Waals surface area contributed by atoms with Gasteiger partial charge in [0.1, 0.15) is 17.7 Å². The molecule has 2 unspecified atom stereocenters. The van der Waals surface area contributed by atoms with E-state index in [0.717, 1.165) is 11.3 Å². The maximum absolute atomic E-state index is 13.7. The van der Waals surface area contributed by atoms with E-state index in [2.05, 4.69) is 0 Å². The van der Waals surface area contributed by atoms with Crippen molar-refractivity contribution in [3.8, 4) is 5.75 Å². The standard InChI is InChI=1S/C15H14FNO2S/c16-13-8-11(17)5-6-15(13)20(18)9-12-7-10-3-1-2-4-14(10)19-12/h1-6,8,12H,7,9,17H2. The Kier molecular flexibility index (Phi) is 3.44. The Morgan fingerprint density at radius 3 is 2.85 bits per heavy atom. The monoisotopic (exact) mass is 291 g/mol. The van der Waals surface area contributed by atoms with Gasteiger partial charge in [-0.3, -0.25) is 4.21 Å². The second-order valence-corrected chi connectivity index (χ2v) is 6.22. The maximum atomic E-state index is 13.7. The van der Waals surface area contributed by atoms with Gasteiger partial charge in [0.25, 0.3) is 0 Å². The molecule has 2 aromatic carbocycles. The first-order valence-corrected chi connectivity index (χ1v) is 7.63. The highest BCUT2D eigenvalue weighted by Crippen LogP contribution is 2.29.